The van der Waals surface area contributed by atoms with Gasteiger partial charge in [0.25, 0.3) is 0 Å². The highest BCUT2D eigenvalue weighted by Gasteiger charge is 2.25. The molecule has 0 aromatic carbocycles. The van der Waals surface area contributed by atoms with Gasteiger partial charge in [-0.3, -0.25) is 0 Å². The van der Waals surface area contributed by atoms with Crippen molar-refractivity contribution in [2.24, 2.45) is 0 Å². The fourth-order valence-corrected chi connectivity index (χ4v) is 3.23. The lowest BCUT2D eigenvalue weighted by molar-refractivity contribution is -0.927. The molecule has 0 aliphatic heterocycles. The lowest BCUT2D eigenvalue weighted by Crippen LogP contribution is -2.52. The van der Waals surface area contributed by atoms with Gasteiger partial charge in [0.05, 0.1) is 19.6 Å². The van der Waals surface area contributed by atoms with Crippen molar-refractivity contribution in [1.82, 2.24) is 0 Å². The van der Waals surface area contributed by atoms with Gasteiger partial charge in [0, 0.05) is 11.8 Å². The predicted molar refractivity (Wildman–Crippen MR) is 90.4 cm³/mol. The molecule has 20 heavy (non-hydrogen) atoms. The van der Waals surface area contributed by atoms with E-state index in [1.165, 1.54) is 32.1 Å². The molecule has 0 amide bonds. The maximum Gasteiger partial charge on any atom is 0.105 e. The summed E-state index contributed by atoms with van der Waals surface area (Å²) in [4.78, 5) is 0. The Bertz CT molecular complexity index is 217. The highest BCUT2D eigenvalue weighted by atomic mass is 35.5. The molecule has 0 rings (SSSR count). The van der Waals surface area contributed by atoms with Crippen molar-refractivity contribution in [2.45, 2.75) is 84.1 Å². The van der Waals surface area contributed by atoms with Crippen LogP contribution in [-0.4, -0.2) is 47.2 Å². The maximum absolute atomic E-state index is 9.69. The standard InChI is InChI=1S/C17H37ClNO/c1-5-8-9-10-11-12-17(18)13-14-19(6-2,7-3)15-16(4)20/h16-17,20H,5-15H2,1-4H3/q+1. The summed E-state index contributed by atoms with van der Waals surface area (Å²) in [6, 6.07) is 0. The smallest absolute Gasteiger partial charge is 0.105 e. The van der Waals surface area contributed by atoms with Crippen molar-refractivity contribution in [1.29, 1.82) is 0 Å². The number of nitrogens with zero attached hydrogens (tertiary/aromatic N) is 1. The quantitative estimate of drug-likeness (QED) is 0.300. The number of unbranched alkanes of at least 4 members (excludes halogenated alkanes) is 4. The Labute approximate surface area is 132 Å². The summed E-state index contributed by atoms with van der Waals surface area (Å²) in [5.74, 6) is 0. The first-order valence-corrected chi connectivity index (χ1v) is 9.10. The molecule has 2 atom stereocenters. The molecule has 0 aliphatic rings. The van der Waals surface area contributed by atoms with Crippen LogP contribution in [0.25, 0.3) is 0 Å². The van der Waals surface area contributed by atoms with Crippen LogP contribution in [0.1, 0.15) is 72.6 Å². The zero-order chi connectivity index (χ0) is 15.4. The molecule has 3 heteroatoms. The molecule has 0 aromatic heterocycles. The fourth-order valence-electron chi connectivity index (χ4n) is 2.98. The molecule has 0 fully saturated rings. The Morgan fingerprint density at radius 3 is 2.05 bits per heavy atom. The Hall–Kier alpha value is 0.210. The van der Waals surface area contributed by atoms with Crippen LogP contribution in [0.4, 0.5) is 0 Å². The fraction of sp³-hybridized carbons (Fsp3) is 1.00. The first-order chi connectivity index (χ1) is 9.49. The average Bonchev–Trinajstić information content (AvgIpc) is 2.43. The van der Waals surface area contributed by atoms with E-state index < -0.39 is 0 Å². The number of hydrogen-bond acceptors (Lipinski definition) is 1. The van der Waals surface area contributed by atoms with Crippen LogP contribution in [0.2, 0.25) is 0 Å². The van der Waals surface area contributed by atoms with Crippen LogP contribution in [0.15, 0.2) is 0 Å². The zero-order valence-corrected chi connectivity index (χ0v) is 15.0. The zero-order valence-electron chi connectivity index (χ0n) is 14.2. The summed E-state index contributed by atoms with van der Waals surface area (Å²) in [7, 11) is 0. The van der Waals surface area contributed by atoms with Gasteiger partial charge in [0.2, 0.25) is 0 Å². The second kappa shape index (κ2) is 11.8. The van der Waals surface area contributed by atoms with Gasteiger partial charge < -0.3 is 9.59 Å². The predicted octanol–water partition coefficient (Wildman–Crippen LogP) is 4.58. The van der Waals surface area contributed by atoms with E-state index in [1.54, 1.807) is 0 Å². The van der Waals surface area contributed by atoms with Crippen molar-refractivity contribution in [2.75, 3.05) is 26.2 Å². The normalized spacial score (nSPS) is 15.3. The van der Waals surface area contributed by atoms with Gasteiger partial charge in [-0.1, -0.05) is 39.0 Å². The van der Waals surface area contributed by atoms with Crippen molar-refractivity contribution in [3.63, 3.8) is 0 Å². The summed E-state index contributed by atoms with van der Waals surface area (Å²) in [6.07, 6.45) is 8.60. The van der Waals surface area contributed by atoms with Crippen LogP contribution in [0.5, 0.6) is 0 Å². The minimum Gasteiger partial charge on any atom is -0.388 e. The van der Waals surface area contributed by atoms with Crippen LogP contribution in [-0.2, 0) is 0 Å². The minimum atomic E-state index is -0.224. The van der Waals surface area contributed by atoms with Crippen molar-refractivity contribution in [3.05, 3.63) is 0 Å². The Morgan fingerprint density at radius 1 is 0.950 bits per heavy atom. The number of aliphatic hydroxyl groups excluding tert-OH is 1. The first kappa shape index (κ1) is 20.2. The van der Waals surface area contributed by atoms with E-state index in [9.17, 15) is 5.11 Å². The monoisotopic (exact) mass is 306 g/mol. The summed E-state index contributed by atoms with van der Waals surface area (Å²) in [6.45, 7) is 12.7. The summed E-state index contributed by atoms with van der Waals surface area (Å²) in [5, 5.41) is 10.00. The third-order valence-electron chi connectivity index (χ3n) is 4.53. The van der Waals surface area contributed by atoms with Gasteiger partial charge >= 0.3 is 0 Å². The van der Waals surface area contributed by atoms with E-state index in [2.05, 4.69) is 20.8 Å². The molecule has 0 heterocycles. The minimum absolute atomic E-state index is 0.224. The molecule has 2 nitrogen and oxygen atoms in total. The molecular weight excluding hydrogens is 270 g/mol. The van der Waals surface area contributed by atoms with Crippen molar-refractivity contribution < 1.29 is 9.59 Å². The molecule has 0 radical (unpaired) electrons. The summed E-state index contributed by atoms with van der Waals surface area (Å²) >= 11 is 6.48. The number of hydrogen-bond donors (Lipinski definition) is 1. The van der Waals surface area contributed by atoms with Crippen LogP contribution in [0, 0.1) is 0 Å². The van der Waals surface area contributed by atoms with E-state index in [-0.39, 0.29) is 6.10 Å². The van der Waals surface area contributed by atoms with E-state index in [4.69, 9.17) is 11.6 Å². The lowest BCUT2D eigenvalue weighted by atomic mass is 10.1. The second-order valence-corrected chi connectivity index (χ2v) is 6.94. The molecule has 0 saturated carbocycles. The molecule has 1 N–H and O–H groups in total. The number of halogens is 1. The van der Waals surface area contributed by atoms with Gasteiger partial charge in [0.15, 0.2) is 0 Å². The van der Waals surface area contributed by atoms with Crippen LogP contribution in [0.3, 0.4) is 0 Å². The average molecular weight is 307 g/mol. The third-order valence-corrected chi connectivity index (χ3v) is 4.97. The number of rotatable bonds is 13. The topological polar surface area (TPSA) is 20.2 Å². The second-order valence-electron chi connectivity index (χ2n) is 6.32. The molecule has 2 unspecified atom stereocenters. The summed E-state index contributed by atoms with van der Waals surface area (Å²) < 4.78 is 0.997. The van der Waals surface area contributed by atoms with Gasteiger partial charge in [0.1, 0.15) is 12.6 Å². The molecule has 0 saturated heterocycles. The van der Waals surface area contributed by atoms with E-state index in [0.29, 0.717) is 5.38 Å². The number of alkyl halides is 1. The van der Waals surface area contributed by atoms with Gasteiger partial charge in [-0.05, 0) is 27.2 Å². The largest absolute Gasteiger partial charge is 0.388 e. The summed E-state index contributed by atoms with van der Waals surface area (Å²) in [5.41, 5.74) is 0. The van der Waals surface area contributed by atoms with E-state index in [0.717, 1.165) is 43.5 Å². The van der Waals surface area contributed by atoms with Gasteiger partial charge in [-0.15, -0.1) is 11.6 Å². The van der Waals surface area contributed by atoms with Crippen LogP contribution >= 0.6 is 11.6 Å². The van der Waals surface area contributed by atoms with Crippen LogP contribution < -0.4 is 0 Å². The molecule has 0 aromatic rings. The lowest BCUT2D eigenvalue weighted by Gasteiger charge is -2.38. The van der Waals surface area contributed by atoms with E-state index >= 15 is 0 Å². The van der Waals surface area contributed by atoms with Crippen molar-refractivity contribution >= 4 is 11.6 Å². The first-order valence-electron chi connectivity index (χ1n) is 8.66. The molecule has 0 bridgehead atoms. The highest BCUT2D eigenvalue weighted by Crippen LogP contribution is 2.18. The third kappa shape index (κ3) is 9.20. The van der Waals surface area contributed by atoms with E-state index in [1.807, 2.05) is 6.92 Å². The molecule has 122 valence electrons. The van der Waals surface area contributed by atoms with Gasteiger partial charge in [-0.2, -0.15) is 0 Å². The number of likely N-dealkylation sites (N-methyl/N-ethyl adjacent to an activating group) is 1. The Balaban J connectivity index is 3.95. The Morgan fingerprint density at radius 2 is 1.55 bits per heavy atom. The number of aliphatic hydroxyl groups is 1. The molecular formula is C17H37ClNO+. The highest BCUT2D eigenvalue weighted by molar-refractivity contribution is 6.20. The SMILES string of the molecule is CCCCCCCC(Cl)CC[N+](CC)(CC)CC(C)O. The Kier molecular flexibility index (Phi) is 11.9. The van der Waals surface area contributed by atoms with Crippen molar-refractivity contribution in [3.8, 4) is 0 Å². The molecule has 0 spiro atoms. The number of quaternary nitrogens is 1. The maximum atomic E-state index is 9.69. The molecule has 0 aliphatic carbocycles. The van der Waals surface area contributed by atoms with Gasteiger partial charge in [-0.25, -0.2) is 0 Å².